The van der Waals surface area contributed by atoms with Gasteiger partial charge in [-0.3, -0.25) is 0 Å². The zero-order valence-corrected chi connectivity index (χ0v) is 15.4. The van der Waals surface area contributed by atoms with E-state index < -0.39 is 12.0 Å². The summed E-state index contributed by atoms with van der Waals surface area (Å²) in [6.07, 6.45) is 1.42. The highest BCUT2D eigenvalue weighted by Gasteiger charge is 2.36. The molecule has 0 fully saturated rings. The van der Waals surface area contributed by atoms with Crippen LogP contribution in [0.15, 0.2) is 36.2 Å². The SMILES string of the molecule is CCOC(=O)C1=C(OCC)n2ncnc2NC1c1ccc(N(C)C)cc1. The maximum absolute atomic E-state index is 12.7. The average molecular weight is 357 g/mol. The van der Waals surface area contributed by atoms with Crippen molar-refractivity contribution in [2.75, 3.05) is 37.5 Å². The molecule has 8 nitrogen and oxygen atoms in total. The van der Waals surface area contributed by atoms with E-state index in [1.54, 1.807) is 6.92 Å². The Morgan fingerprint density at radius 1 is 1.23 bits per heavy atom. The molecule has 1 N–H and O–H groups in total. The molecular formula is C18H23N5O3. The van der Waals surface area contributed by atoms with Crippen molar-refractivity contribution in [2.45, 2.75) is 19.9 Å². The van der Waals surface area contributed by atoms with E-state index in [1.165, 1.54) is 11.0 Å². The Balaban J connectivity index is 2.10. The van der Waals surface area contributed by atoms with Crippen LogP contribution < -0.4 is 10.2 Å². The first-order valence-electron chi connectivity index (χ1n) is 8.55. The normalized spacial score (nSPS) is 15.9. The standard InChI is InChI=1S/C18H23N5O3/c1-5-25-16-14(17(24)26-6-2)15(21-18-19-11-20-23(16)18)12-7-9-13(10-8-12)22(3)4/h7-11,15H,5-6H2,1-4H3,(H,19,20,21). The fraction of sp³-hybridized carbons (Fsp3) is 0.389. The molecule has 3 rings (SSSR count). The summed E-state index contributed by atoms with van der Waals surface area (Å²) >= 11 is 0. The lowest BCUT2D eigenvalue weighted by Gasteiger charge is -2.28. The molecule has 0 saturated heterocycles. The van der Waals surface area contributed by atoms with Crippen LogP contribution >= 0.6 is 0 Å². The highest BCUT2D eigenvalue weighted by Crippen LogP contribution is 2.36. The van der Waals surface area contributed by atoms with Gasteiger partial charge in [0.25, 0.3) is 0 Å². The van der Waals surface area contributed by atoms with Crippen LogP contribution in [0.2, 0.25) is 0 Å². The molecule has 0 radical (unpaired) electrons. The average Bonchev–Trinajstić information content (AvgIpc) is 3.10. The van der Waals surface area contributed by atoms with Gasteiger partial charge in [-0.2, -0.15) is 14.8 Å². The van der Waals surface area contributed by atoms with Crippen molar-refractivity contribution in [3.05, 3.63) is 41.7 Å². The van der Waals surface area contributed by atoms with E-state index in [1.807, 2.05) is 50.2 Å². The number of anilines is 2. The summed E-state index contributed by atoms with van der Waals surface area (Å²) < 4.78 is 12.5. The number of nitrogens with zero attached hydrogens (tertiary/aromatic N) is 4. The second-order valence-electron chi connectivity index (χ2n) is 5.93. The second kappa shape index (κ2) is 7.47. The molecule has 1 aliphatic rings. The second-order valence-corrected chi connectivity index (χ2v) is 5.93. The molecule has 0 bridgehead atoms. The number of esters is 1. The van der Waals surface area contributed by atoms with Gasteiger partial charge >= 0.3 is 5.97 Å². The lowest BCUT2D eigenvalue weighted by atomic mass is 9.97. The zero-order chi connectivity index (χ0) is 18.7. The quantitative estimate of drug-likeness (QED) is 0.794. The molecule has 0 spiro atoms. The molecule has 1 aromatic heterocycles. The van der Waals surface area contributed by atoms with Gasteiger partial charge in [-0.05, 0) is 31.5 Å². The molecule has 1 atom stereocenters. The van der Waals surface area contributed by atoms with Crippen LogP contribution in [0, 0.1) is 0 Å². The van der Waals surface area contributed by atoms with Gasteiger partial charge in [0, 0.05) is 19.8 Å². The Morgan fingerprint density at radius 2 is 1.96 bits per heavy atom. The Bertz CT molecular complexity index is 810. The Kier molecular flexibility index (Phi) is 5.11. The zero-order valence-electron chi connectivity index (χ0n) is 15.4. The third-order valence-electron chi connectivity index (χ3n) is 4.05. The minimum atomic E-state index is -0.441. The highest BCUT2D eigenvalue weighted by atomic mass is 16.5. The van der Waals surface area contributed by atoms with E-state index in [-0.39, 0.29) is 6.61 Å². The van der Waals surface area contributed by atoms with Gasteiger partial charge in [-0.25, -0.2) is 4.79 Å². The fourth-order valence-electron chi connectivity index (χ4n) is 2.83. The molecule has 1 aromatic carbocycles. The lowest BCUT2D eigenvalue weighted by molar-refractivity contribution is -0.138. The van der Waals surface area contributed by atoms with E-state index in [0.29, 0.717) is 24.0 Å². The van der Waals surface area contributed by atoms with Crippen molar-refractivity contribution in [1.29, 1.82) is 0 Å². The number of ether oxygens (including phenoxy) is 2. The van der Waals surface area contributed by atoms with Gasteiger partial charge in [-0.1, -0.05) is 12.1 Å². The van der Waals surface area contributed by atoms with E-state index >= 15 is 0 Å². The maximum Gasteiger partial charge on any atom is 0.341 e. The first-order chi connectivity index (χ1) is 12.6. The van der Waals surface area contributed by atoms with Gasteiger partial charge in [0.1, 0.15) is 11.9 Å². The van der Waals surface area contributed by atoms with E-state index in [9.17, 15) is 4.79 Å². The third kappa shape index (κ3) is 3.22. The van der Waals surface area contributed by atoms with Crippen molar-refractivity contribution in [3.8, 4) is 0 Å². The van der Waals surface area contributed by atoms with Crippen LogP contribution in [0.3, 0.4) is 0 Å². The molecule has 2 heterocycles. The van der Waals surface area contributed by atoms with Gasteiger partial charge in [-0.15, -0.1) is 0 Å². The summed E-state index contributed by atoms with van der Waals surface area (Å²) in [4.78, 5) is 18.9. The monoisotopic (exact) mass is 357 g/mol. The van der Waals surface area contributed by atoms with Crippen LogP contribution in [0.5, 0.6) is 0 Å². The number of carbonyl (C=O) groups excluding carboxylic acids is 1. The number of carbonyl (C=O) groups is 1. The molecule has 138 valence electrons. The molecule has 0 saturated carbocycles. The third-order valence-corrected chi connectivity index (χ3v) is 4.05. The highest BCUT2D eigenvalue weighted by molar-refractivity contribution is 5.97. The predicted molar refractivity (Wildman–Crippen MR) is 98.6 cm³/mol. The number of fused-ring (bicyclic) bond motifs is 1. The van der Waals surface area contributed by atoms with Gasteiger partial charge in [0.2, 0.25) is 11.8 Å². The fourth-order valence-corrected chi connectivity index (χ4v) is 2.83. The Labute approximate surface area is 152 Å². The minimum Gasteiger partial charge on any atom is -0.477 e. The number of hydrogen-bond acceptors (Lipinski definition) is 7. The Morgan fingerprint density at radius 3 is 2.58 bits per heavy atom. The molecule has 0 aliphatic carbocycles. The van der Waals surface area contributed by atoms with E-state index in [2.05, 4.69) is 15.4 Å². The number of benzene rings is 1. The van der Waals surface area contributed by atoms with Crippen molar-refractivity contribution in [2.24, 2.45) is 0 Å². The molecule has 1 unspecified atom stereocenters. The first kappa shape index (κ1) is 17.8. The van der Waals surface area contributed by atoms with Gasteiger partial charge in [0.15, 0.2) is 0 Å². The summed E-state index contributed by atoms with van der Waals surface area (Å²) in [5.74, 6) is 0.424. The summed E-state index contributed by atoms with van der Waals surface area (Å²) in [5.41, 5.74) is 2.36. The smallest absolute Gasteiger partial charge is 0.341 e. The summed E-state index contributed by atoms with van der Waals surface area (Å²) in [6, 6.07) is 7.51. The van der Waals surface area contributed by atoms with Crippen LogP contribution in [0.4, 0.5) is 11.6 Å². The lowest BCUT2D eigenvalue weighted by Crippen LogP contribution is -2.30. The van der Waals surface area contributed by atoms with Crippen LogP contribution in [-0.2, 0) is 14.3 Å². The number of nitrogens with one attached hydrogen (secondary N) is 1. The largest absolute Gasteiger partial charge is 0.477 e. The maximum atomic E-state index is 12.7. The molecular weight excluding hydrogens is 334 g/mol. The summed E-state index contributed by atoms with van der Waals surface area (Å²) in [6.45, 7) is 4.30. The van der Waals surface area contributed by atoms with Gasteiger partial charge < -0.3 is 19.7 Å². The van der Waals surface area contributed by atoms with Crippen molar-refractivity contribution in [1.82, 2.24) is 14.8 Å². The van der Waals surface area contributed by atoms with E-state index in [0.717, 1.165) is 11.3 Å². The van der Waals surface area contributed by atoms with Gasteiger partial charge in [0.05, 0.1) is 19.3 Å². The van der Waals surface area contributed by atoms with Crippen molar-refractivity contribution < 1.29 is 14.3 Å². The van der Waals surface area contributed by atoms with Crippen molar-refractivity contribution >= 4 is 23.5 Å². The molecule has 8 heteroatoms. The molecule has 0 amide bonds. The van der Waals surface area contributed by atoms with Crippen LogP contribution in [-0.4, -0.2) is 48.0 Å². The molecule has 2 aromatic rings. The number of aromatic nitrogens is 3. The number of rotatable bonds is 6. The van der Waals surface area contributed by atoms with Crippen LogP contribution in [0.1, 0.15) is 25.5 Å². The molecule has 1 aliphatic heterocycles. The van der Waals surface area contributed by atoms with E-state index in [4.69, 9.17) is 9.47 Å². The predicted octanol–water partition coefficient (Wildman–Crippen LogP) is 2.28. The topological polar surface area (TPSA) is 81.5 Å². The summed E-state index contributed by atoms with van der Waals surface area (Å²) in [5, 5.41) is 7.42. The molecule has 26 heavy (non-hydrogen) atoms. The van der Waals surface area contributed by atoms with Crippen molar-refractivity contribution in [3.63, 3.8) is 0 Å². The minimum absolute atomic E-state index is 0.276. The van der Waals surface area contributed by atoms with Crippen LogP contribution in [0.25, 0.3) is 5.88 Å². The first-order valence-corrected chi connectivity index (χ1v) is 8.55. The number of hydrogen-bond donors (Lipinski definition) is 1. The summed E-state index contributed by atoms with van der Waals surface area (Å²) in [7, 11) is 3.96. The Hall–Kier alpha value is -3.03.